The Labute approximate surface area is 163 Å². The number of carbonyl (C=O) groups is 2. The Morgan fingerprint density at radius 2 is 1.85 bits per heavy atom. The van der Waals surface area contributed by atoms with Gasteiger partial charge in [0.1, 0.15) is 11.1 Å². The van der Waals surface area contributed by atoms with E-state index in [2.05, 4.69) is 17.5 Å². The molecule has 0 atom stereocenters. The van der Waals surface area contributed by atoms with Crippen LogP contribution in [0.15, 0.2) is 18.2 Å². The normalized spacial score (nSPS) is 14.9. The van der Waals surface area contributed by atoms with Crippen molar-refractivity contribution in [2.75, 3.05) is 5.32 Å². The molecule has 27 heavy (non-hydrogen) atoms. The summed E-state index contributed by atoms with van der Waals surface area (Å²) in [4.78, 5) is 26.0. The third-order valence-electron chi connectivity index (χ3n) is 5.54. The molecule has 2 aliphatic carbocycles. The highest BCUT2D eigenvalue weighted by Crippen LogP contribution is 2.38. The number of nitrogens with zero attached hydrogens (tertiary/aromatic N) is 1. The highest BCUT2D eigenvalue weighted by Gasteiger charge is 2.23. The van der Waals surface area contributed by atoms with Crippen LogP contribution in [0.25, 0.3) is 0 Å². The zero-order valence-corrected chi connectivity index (χ0v) is 16.1. The zero-order chi connectivity index (χ0) is 18.8. The topological polar surface area (TPSA) is 70.0 Å². The average Bonchev–Trinajstić information content (AvgIpc) is 3.26. The lowest BCUT2D eigenvalue weighted by Crippen LogP contribution is -2.14. The number of hydrogen-bond donors (Lipinski definition) is 1. The van der Waals surface area contributed by atoms with Crippen LogP contribution in [-0.2, 0) is 30.5 Å². The van der Waals surface area contributed by atoms with Crippen molar-refractivity contribution in [3.63, 3.8) is 0 Å². The van der Waals surface area contributed by atoms with Crippen molar-refractivity contribution in [3.8, 4) is 6.07 Å². The lowest BCUT2D eigenvalue weighted by Gasteiger charge is -2.16. The Bertz CT molecular complexity index is 952. The molecule has 138 valence electrons. The molecule has 4 rings (SSSR count). The number of fused-ring (bicyclic) bond motifs is 2. The van der Waals surface area contributed by atoms with Gasteiger partial charge in [-0.1, -0.05) is 12.1 Å². The van der Waals surface area contributed by atoms with Crippen molar-refractivity contribution < 1.29 is 9.59 Å². The predicted octanol–water partition coefficient (Wildman–Crippen LogP) is 4.59. The molecule has 0 spiro atoms. The molecule has 0 fully saturated rings. The Morgan fingerprint density at radius 3 is 2.67 bits per heavy atom. The standard InChI is InChI=1S/C22H22N2O2S/c23-13-18-17-6-3-7-20(17)27-22(18)24-21(26)11-10-19(25)16-9-8-14-4-1-2-5-15(14)12-16/h8-9,12H,1-7,10-11H2,(H,24,26). The van der Waals surface area contributed by atoms with Gasteiger partial charge in [0.2, 0.25) is 5.91 Å². The lowest BCUT2D eigenvalue weighted by molar-refractivity contribution is -0.116. The highest BCUT2D eigenvalue weighted by atomic mass is 32.1. The first-order valence-electron chi connectivity index (χ1n) is 9.65. The molecule has 0 radical (unpaired) electrons. The third kappa shape index (κ3) is 3.68. The number of nitrogens with one attached hydrogen (secondary N) is 1. The third-order valence-corrected chi connectivity index (χ3v) is 6.74. The van der Waals surface area contributed by atoms with Crippen LogP contribution < -0.4 is 5.32 Å². The van der Waals surface area contributed by atoms with E-state index < -0.39 is 0 Å². The summed E-state index contributed by atoms with van der Waals surface area (Å²) >= 11 is 1.51. The van der Waals surface area contributed by atoms with E-state index in [0.29, 0.717) is 16.1 Å². The van der Waals surface area contributed by atoms with Crippen molar-refractivity contribution in [1.82, 2.24) is 0 Å². The highest BCUT2D eigenvalue weighted by molar-refractivity contribution is 7.16. The minimum absolute atomic E-state index is 0.00713. The fraction of sp³-hybridized carbons (Fsp3) is 0.409. The maximum Gasteiger partial charge on any atom is 0.225 e. The van der Waals surface area contributed by atoms with E-state index in [1.54, 1.807) is 0 Å². The van der Waals surface area contributed by atoms with Crippen molar-refractivity contribution >= 4 is 28.0 Å². The van der Waals surface area contributed by atoms with Crippen LogP contribution in [0.3, 0.4) is 0 Å². The molecule has 0 bridgehead atoms. The molecule has 0 unspecified atom stereocenters. The number of benzene rings is 1. The van der Waals surface area contributed by atoms with Crippen molar-refractivity contribution in [3.05, 3.63) is 50.9 Å². The number of thiophene rings is 1. The van der Waals surface area contributed by atoms with Gasteiger partial charge < -0.3 is 5.32 Å². The summed E-state index contributed by atoms with van der Waals surface area (Å²) in [5.74, 6) is -0.189. The first-order chi connectivity index (χ1) is 13.2. The van der Waals surface area contributed by atoms with E-state index in [-0.39, 0.29) is 24.5 Å². The number of Topliss-reactive ketones (excluding diaryl/α,β-unsaturated/α-hetero) is 1. The van der Waals surface area contributed by atoms with E-state index >= 15 is 0 Å². The zero-order valence-electron chi connectivity index (χ0n) is 15.3. The lowest BCUT2D eigenvalue weighted by atomic mass is 9.89. The summed E-state index contributed by atoms with van der Waals surface area (Å²) in [6.07, 6.45) is 7.86. The molecule has 0 saturated carbocycles. The molecule has 0 saturated heterocycles. The quantitative estimate of drug-likeness (QED) is 0.774. The van der Waals surface area contributed by atoms with E-state index in [9.17, 15) is 14.9 Å². The Hall–Kier alpha value is -2.45. The van der Waals surface area contributed by atoms with Crippen LogP contribution in [0, 0.1) is 11.3 Å². The number of aryl methyl sites for hydroxylation is 3. The summed E-state index contributed by atoms with van der Waals surface area (Å²) in [5, 5.41) is 12.9. The molecule has 1 aromatic carbocycles. The van der Waals surface area contributed by atoms with E-state index in [0.717, 1.165) is 37.7 Å². The van der Waals surface area contributed by atoms with Crippen molar-refractivity contribution in [1.29, 1.82) is 5.26 Å². The molecule has 1 aromatic heterocycles. The van der Waals surface area contributed by atoms with Gasteiger partial charge in [-0.15, -0.1) is 11.3 Å². The molecule has 5 heteroatoms. The molecule has 1 N–H and O–H groups in total. The van der Waals surface area contributed by atoms with Crippen LogP contribution in [0.2, 0.25) is 0 Å². The Balaban J connectivity index is 1.37. The molecular formula is C22H22N2O2S. The van der Waals surface area contributed by atoms with Crippen molar-refractivity contribution in [2.24, 2.45) is 0 Å². The summed E-state index contributed by atoms with van der Waals surface area (Å²) in [6.45, 7) is 0. The van der Waals surface area contributed by atoms with Crippen LogP contribution in [0.5, 0.6) is 0 Å². The molecule has 2 aliphatic rings. The molecule has 1 amide bonds. The number of amides is 1. The van der Waals surface area contributed by atoms with Gasteiger partial charge >= 0.3 is 0 Å². The fourth-order valence-electron chi connectivity index (χ4n) is 4.08. The van der Waals surface area contributed by atoms with Gasteiger partial charge in [0.05, 0.1) is 5.56 Å². The number of rotatable bonds is 5. The minimum Gasteiger partial charge on any atom is -0.317 e. The molecule has 4 nitrogen and oxygen atoms in total. The monoisotopic (exact) mass is 378 g/mol. The minimum atomic E-state index is -0.197. The van der Waals surface area contributed by atoms with Crippen LogP contribution in [0.1, 0.15) is 69.6 Å². The van der Waals surface area contributed by atoms with Gasteiger partial charge in [0, 0.05) is 23.3 Å². The fourth-order valence-corrected chi connectivity index (χ4v) is 5.33. The van der Waals surface area contributed by atoms with E-state index in [1.165, 1.54) is 40.2 Å². The number of nitriles is 1. The average molecular weight is 378 g/mol. The summed E-state index contributed by atoms with van der Waals surface area (Å²) in [6, 6.07) is 8.19. The number of carbonyl (C=O) groups excluding carboxylic acids is 2. The SMILES string of the molecule is N#Cc1c(NC(=O)CCC(=O)c2ccc3c(c2)CCCC3)sc2c1CCC2. The van der Waals surface area contributed by atoms with Gasteiger partial charge in [-0.2, -0.15) is 5.26 Å². The molecular weight excluding hydrogens is 356 g/mol. The van der Waals surface area contributed by atoms with Gasteiger partial charge in [-0.25, -0.2) is 0 Å². The number of ketones is 1. The summed E-state index contributed by atoms with van der Waals surface area (Å²) < 4.78 is 0. The maximum atomic E-state index is 12.5. The largest absolute Gasteiger partial charge is 0.317 e. The van der Waals surface area contributed by atoms with E-state index in [1.807, 2.05) is 12.1 Å². The van der Waals surface area contributed by atoms with Crippen LogP contribution in [-0.4, -0.2) is 11.7 Å². The first kappa shape index (κ1) is 17.9. The van der Waals surface area contributed by atoms with Crippen LogP contribution in [0.4, 0.5) is 5.00 Å². The molecule has 1 heterocycles. The molecule has 2 aromatic rings. The Morgan fingerprint density at radius 1 is 1.04 bits per heavy atom. The van der Waals surface area contributed by atoms with Gasteiger partial charge in [0.25, 0.3) is 0 Å². The second-order valence-electron chi connectivity index (χ2n) is 7.34. The van der Waals surface area contributed by atoms with Gasteiger partial charge in [0.15, 0.2) is 5.78 Å². The predicted molar refractivity (Wildman–Crippen MR) is 106 cm³/mol. The first-order valence-corrected chi connectivity index (χ1v) is 10.5. The van der Waals surface area contributed by atoms with Crippen LogP contribution >= 0.6 is 11.3 Å². The summed E-state index contributed by atoms with van der Waals surface area (Å²) in [5.41, 5.74) is 5.05. The smallest absolute Gasteiger partial charge is 0.225 e. The van der Waals surface area contributed by atoms with E-state index in [4.69, 9.17) is 0 Å². The second kappa shape index (κ2) is 7.66. The summed E-state index contributed by atoms with van der Waals surface area (Å²) in [7, 11) is 0. The number of anilines is 1. The second-order valence-corrected chi connectivity index (χ2v) is 8.44. The molecule has 0 aliphatic heterocycles. The van der Waals surface area contributed by atoms with Gasteiger partial charge in [-0.3, -0.25) is 9.59 Å². The Kier molecular flexibility index (Phi) is 5.09. The van der Waals surface area contributed by atoms with Gasteiger partial charge in [-0.05, 0) is 67.7 Å². The van der Waals surface area contributed by atoms with Crippen molar-refractivity contribution in [2.45, 2.75) is 57.8 Å². The maximum absolute atomic E-state index is 12.5. The number of hydrogen-bond acceptors (Lipinski definition) is 4.